The molecule has 0 fully saturated rings. The van der Waals surface area contributed by atoms with Crippen LogP contribution in [-0.2, 0) is 7.05 Å². The number of fused-ring (bicyclic) bond motifs is 1. The van der Waals surface area contributed by atoms with E-state index in [1.807, 2.05) is 36.1 Å². The Hall–Kier alpha value is -3.41. The number of rotatable bonds is 3. The van der Waals surface area contributed by atoms with Crippen molar-refractivity contribution in [2.75, 3.05) is 12.8 Å². The lowest BCUT2D eigenvalue weighted by Gasteiger charge is -2.09. The lowest BCUT2D eigenvalue weighted by molar-refractivity contribution is 0.398. The van der Waals surface area contributed by atoms with Gasteiger partial charge in [-0.25, -0.2) is 9.97 Å². The van der Waals surface area contributed by atoms with E-state index in [1.165, 1.54) is 0 Å². The van der Waals surface area contributed by atoms with Crippen LogP contribution in [0.3, 0.4) is 0 Å². The normalized spacial score (nSPS) is 11.0. The third kappa shape index (κ3) is 2.67. The maximum Gasteiger partial charge on any atom is 0.212 e. The molecule has 25 heavy (non-hydrogen) atoms. The Bertz CT molecular complexity index is 1050. The Morgan fingerprint density at radius 3 is 2.48 bits per heavy atom. The van der Waals surface area contributed by atoms with Crippen molar-refractivity contribution in [3.8, 4) is 28.1 Å². The van der Waals surface area contributed by atoms with Crippen LogP contribution in [0.5, 0.6) is 5.88 Å². The van der Waals surface area contributed by atoms with E-state index in [2.05, 4.69) is 33.3 Å². The van der Waals surface area contributed by atoms with Crippen LogP contribution in [0, 0.1) is 0 Å². The number of hydrogen-bond acceptors (Lipinski definition) is 5. The summed E-state index contributed by atoms with van der Waals surface area (Å²) in [4.78, 5) is 8.61. The molecule has 0 aliphatic rings. The zero-order valence-electron chi connectivity index (χ0n) is 14.0. The molecule has 0 spiro atoms. The van der Waals surface area contributed by atoms with E-state index in [9.17, 15) is 0 Å². The van der Waals surface area contributed by atoms with Gasteiger partial charge in [0, 0.05) is 47.6 Å². The van der Waals surface area contributed by atoms with Gasteiger partial charge in [0.15, 0.2) is 0 Å². The summed E-state index contributed by atoms with van der Waals surface area (Å²) in [5.74, 6) is 1.03. The van der Waals surface area contributed by atoms with Crippen molar-refractivity contribution in [2.24, 2.45) is 7.05 Å². The van der Waals surface area contributed by atoms with E-state index in [0.717, 1.165) is 33.2 Å². The first kappa shape index (κ1) is 15.1. The van der Waals surface area contributed by atoms with Gasteiger partial charge < -0.3 is 10.5 Å². The molecule has 124 valence electrons. The highest BCUT2D eigenvalue weighted by Gasteiger charge is 2.09. The van der Waals surface area contributed by atoms with Crippen LogP contribution in [0.1, 0.15) is 0 Å². The SMILES string of the molecule is COc1ccc(-c2cc(-c3ccc4cnn(C)c4c3)cnc2N)cn1. The molecule has 0 aliphatic heterocycles. The predicted octanol–water partition coefficient (Wildman–Crippen LogP) is 3.29. The summed E-state index contributed by atoms with van der Waals surface area (Å²) >= 11 is 0. The molecule has 0 atom stereocenters. The minimum Gasteiger partial charge on any atom is -0.481 e. The zero-order valence-corrected chi connectivity index (χ0v) is 14.0. The van der Waals surface area contributed by atoms with Crippen molar-refractivity contribution >= 4 is 16.7 Å². The predicted molar refractivity (Wildman–Crippen MR) is 98.1 cm³/mol. The molecule has 3 heterocycles. The van der Waals surface area contributed by atoms with Crippen LogP contribution in [0.25, 0.3) is 33.2 Å². The topological polar surface area (TPSA) is 78.8 Å². The fourth-order valence-corrected chi connectivity index (χ4v) is 2.85. The lowest BCUT2D eigenvalue weighted by atomic mass is 10.0. The van der Waals surface area contributed by atoms with Gasteiger partial charge in [0.2, 0.25) is 5.88 Å². The van der Waals surface area contributed by atoms with Gasteiger partial charge in [-0.2, -0.15) is 5.10 Å². The van der Waals surface area contributed by atoms with Crippen molar-refractivity contribution in [1.29, 1.82) is 0 Å². The molecule has 4 rings (SSSR count). The standard InChI is InChI=1S/C19H17N5O/c1-24-17-8-12(3-4-14(17)11-23-24)15-7-16(19(20)22-10-15)13-5-6-18(25-2)21-9-13/h3-11H,1-2H3,(H2,20,22). The van der Waals surface area contributed by atoms with Gasteiger partial charge in [0.1, 0.15) is 5.82 Å². The summed E-state index contributed by atoms with van der Waals surface area (Å²) in [5, 5.41) is 5.39. The van der Waals surface area contributed by atoms with Crippen LogP contribution in [-0.4, -0.2) is 26.9 Å². The second-order valence-corrected chi connectivity index (χ2v) is 5.79. The Kier molecular flexibility index (Phi) is 3.57. The fourth-order valence-electron chi connectivity index (χ4n) is 2.85. The number of hydrogen-bond donors (Lipinski definition) is 1. The third-order valence-corrected chi connectivity index (χ3v) is 4.26. The molecule has 6 heteroatoms. The van der Waals surface area contributed by atoms with E-state index in [1.54, 1.807) is 19.5 Å². The van der Waals surface area contributed by atoms with E-state index in [0.29, 0.717) is 11.7 Å². The zero-order chi connectivity index (χ0) is 17.4. The van der Waals surface area contributed by atoms with Gasteiger partial charge in [-0.3, -0.25) is 4.68 Å². The molecule has 0 aliphatic carbocycles. The number of ether oxygens (including phenoxy) is 1. The Balaban J connectivity index is 1.81. The molecular weight excluding hydrogens is 314 g/mol. The molecule has 0 unspecified atom stereocenters. The molecule has 0 bridgehead atoms. The monoisotopic (exact) mass is 331 g/mol. The number of anilines is 1. The quantitative estimate of drug-likeness (QED) is 0.623. The average molecular weight is 331 g/mol. The highest BCUT2D eigenvalue weighted by molar-refractivity contribution is 5.86. The largest absolute Gasteiger partial charge is 0.481 e. The van der Waals surface area contributed by atoms with Gasteiger partial charge >= 0.3 is 0 Å². The number of benzene rings is 1. The third-order valence-electron chi connectivity index (χ3n) is 4.26. The molecule has 0 radical (unpaired) electrons. The van der Waals surface area contributed by atoms with Gasteiger partial charge in [-0.15, -0.1) is 0 Å². The number of nitrogens with two attached hydrogens (primary N) is 1. The van der Waals surface area contributed by atoms with Crippen LogP contribution in [0.4, 0.5) is 5.82 Å². The Morgan fingerprint density at radius 2 is 1.72 bits per heavy atom. The van der Waals surface area contributed by atoms with Crippen molar-refractivity contribution in [1.82, 2.24) is 19.7 Å². The summed E-state index contributed by atoms with van der Waals surface area (Å²) in [6.07, 6.45) is 5.38. The number of aryl methyl sites for hydroxylation is 1. The molecule has 6 nitrogen and oxygen atoms in total. The molecule has 4 aromatic rings. The summed E-state index contributed by atoms with van der Waals surface area (Å²) in [7, 11) is 3.52. The minimum absolute atomic E-state index is 0.470. The van der Waals surface area contributed by atoms with E-state index < -0.39 is 0 Å². The van der Waals surface area contributed by atoms with Crippen LogP contribution >= 0.6 is 0 Å². The highest BCUT2D eigenvalue weighted by Crippen LogP contribution is 2.31. The van der Waals surface area contributed by atoms with Crippen LogP contribution in [0.2, 0.25) is 0 Å². The number of aromatic nitrogens is 4. The molecule has 3 aromatic heterocycles. The van der Waals surface area contributed by atoms with Gasteiger partial charge in [-0.1, -0.05) is 12.1 Å². The van der Waals surface area contributed by atoms with Crippen LogP contribution in [0.15, 0.2) is 55.0 Å². The van der Waals surface area contributed by atoms with Crippen LogP contribution < -0.4 is 10.5 Å². The number of nitrogen functional groups attached to an aromatic ring is 1. The maximum atomic E-state index is 6.08. The first-order valence-corrected chi connectivity index (χ1v) is 7.84. The van der Waals surface area contributed by atoms with Gasteiger partial charge in [0.05, 0.1) is 18.8 Å². The smallest absolute Gasteiger partial charge is 0.212 e. The number of methoxy groups -OCH3 is 1. The molecule has 1 aromatic carbocycles. The number of nitrogens with zero attached hydrogens (tertiary/aromatic N) is 4. The van der Waals surface area contributed by atoms with Gasteiger partial charge in [0.25, 0.3) is 0 Å². The fraction of sp³-hybridized carbons (Fsp3) is 0.105. The molecular formula is C19H17N5O. The minimum atomic E-state index is 0.470. The molecule has 2 N–H and O–H groups in total. The second kappa shape index (κ2) is 5.90. The summed E-state index contributed by atoms with van der Waals surface area (Å²) in [5.41, 5.74) is 10.9. The lowest BCUT2D eigenvalue weighted by Crippen LogP contribution is -1.96. The van der Waals surface area contributed by atoms with E-state index in [4.69, 9.17) is 10.5 Å². The maximum absolute atomic E-state index is 6.08. The average Bonchev–Trinajstić information content (AvgIpc) is 3.03. The van der Waals surface area contributed by atoms with E-state index >= 15 is 0 Å². The first-order valence-electron chi connectivity index (χ1n) is 7.84. The summed E-state index contributed by atoms with van der Waals surface area (Å²) in [6.45, 7) is 0. The Morgan fingerprint density at radius 1 is 0.920 bits per heavy atom. The van der Waals surface area contributed by atoms with Gasteiger partial charge in [-0.05, 0) is 23.8 Å². The molecule has 0 amide bonds. The van der Waals surface area contributed by atoms with Crippen molar-refractivity contribution < 1.29 is 4.74 Å². The number of pyridine rings is 2. The second-order valence-electron chi connectivity index (χ2n) is 5.79. The highest BCUT2D eigenvalue weighted by atomic mass is 16.5. The molecule has 0 saturated heterocycles. The first-order chi connectivity index (χ1) is 12.2. The van der Waals surface area contributed by atoms with Crippen molar-refractivity contribution in [3.05, 3.63) is 55.0 Å². The summed E-state index contributed by atoms with van der Waals surface area (Å²) in [6, 6.07) is 12.0. The Labute approximate surface area is 144 Å². The van der Waals surface area contributed by atoms with E-state index in [-0.39, 0.29) is 0 Å². The van der Waals surface area contributed by atoms with Crippen molar-refractivity contribution in [2.45, 2.75) is 0 Å². The molecule has 0 saturated carbocycles. The van der Waals surface area contributed by atoms with Crippen molar-refractivity contribution in [3.63, 3.8) is 0 Å². The summed E-state index contributed by atoms with van der Waals surface area (Å²) < 4.78 is 6.97.